The number of fused-ring (bicyclic) bond motifs is 1. The Morgan fingerprint density at radius 3 is 2.33 bits per heavy atom. The van der Waals surface area contributed by atoms with Crippen molar-refractivity contribution in [3.05, 3.63) is 17.3 Å². The third-order valence-electron chi connectivity index (χ3n) is 7.26. The molecule has 2 saturated heterocycles. The molecule has 0 bridgehead atoms. The number of thiol groups is 1. The van der Waals surface area contributed by atoms with Gasteiger partial charge in [0.1, 0.15) is 49.3 Å². The number of esters is 4. The van der Waals surface area contributed by atoms with Crippen molar-refractivity contribution in [1.82, 2.24) is 9.97 Å². The Hall–Kier alpha value is -2.86. The molecule has 0 aliphatic carbocycles. The van der Waals surface area contributed by atoms with E-state index in [-0.39, 0.29) is 5.82 Å². The van der Waals surface area contributed by atoms with E-state index in [2.05, 4.69) is 26.5 Å². The van der Waals surface area contributed by atoms with Crippen LogP contribution in [-0.4, -0.2) is 112 Å². The molecule has 2 fully saturated rings. The quantitative estimate of drug-likeness (QED) is 0.0769. The van der Waals surface area contributed by atoms with Crippen LogP contribution in [-0.2, 0) is 70.1 Å². The number of aromatic nitrogens is 2. The van der Waals surface area contributed by atoms with E-state index in [9.17, 15) is 38.3 Å². The van der Waals surface area contributed by atoms with Gasteiger partial charge in [-0.15, -0.1) is 11.3 Å². The standard InChI is InChI=1S/C26H35FN4O17P2S2/c1-9(32)40-5-15(42-10(2)33)21-19(36)22(43-11(3)34)23(44-12(4)35)26(46-21)47-49(37,38)48-50(39,51)41-6-14-17(28)16(27)20(45-14)13-7-52-24-18(13)30-8-31-25(24)29/h7-8,14-17,19-23,26,36H,5-6,28H2,1-4H3,(H,37,38)(H,39,51)(H2,29,30,31)/t14-,15+,16-,17-,19?,20+,21?,22?,23?,26?,50?/m1/s1. The summed E-state index contributed by atoms with van der Waals surface area (Å²) in [5.41, 5.74) is 12.5. The van der Waals surface area contributed by atoms with Gasteiger partial charge in [-0.1, -0.05) is 12.2 Å². The molecule has 21 nitrogen and oxygen atoms in total. The van der Waals surface area contributed by atoms with Crippen LogP contribution in [0, 0.1) is 0 Å². The molecule has 0 spiro atoms. The number of carbonyl (C=O) groups is 4. The van der Waals surface area contributed by atoms with Gasteiger partial charge >= 0.3 is 38.5 Å². The molecule has 2 aromatic heterocycles. The fourth-order valence-electron chi connectivity index (χ4n) is 5.21. The second-order valence-electron chi connectivity index (χ2n) is 11.2. The normalized spacial score (nSPS) is 30.4. The van der Waals surface area contributed by atoms with Crippen LogP contribution in [0.25, 0.3) is 10.2 Å². The number of phosphoric acid groups is 1. The van der Waals surface area contributed by atoms with Crippen LogP contribution >= 0.6 is 38.2 Å². The summed E-state index contributed by atoms with van der Waals surface area (Å²) in [6.45, 7) is -2.68. The van der Waals surface area contributed by atoms with Gasteiger partial charge in [-0.3, -0.25) is 28.2 Å². The van der Waals surface area contributed by atoms with Crippen molar-refractivity contribution in [2.45, 2.75) is 88.9 Å². The molecule has 0 aromatic carbocycles. The van der Waals surface area contributed by atoms with E-state index in [0.29, 0.717) is 15.8 Å². The summed E-state index contributed by atoms with van der Waals surface area (Å²) >= 11 is 4.84. The first kappa shape index (κ1) is 41.9. The number of phosphoric ester groups is 1. The second kappa shape index (κ2) is 17.1. The summed E-state index contributed by atoms with van der Waals surface area (Å²) < 4.78 is 88.4. The average molecular weight is 821 g/mol. The Bertz CT molecular complexity index is 1760. The number of nitrogens with two attached hydrogens (primary N) is 2. The van der Waals surface area contributed by atoms with Gasteiger partial charge < -0.3 is 49.9 Å². The molecule has 0 amide bonds. The summed E-state index contributed by atoms with van der Waals surface area (Å²) in [5, 5.41) is 12.6. The van der Waals surface area contributed by atoms with Gasteiger partial charge in [0.15, 0.2) is 18.3 Å². The van der Waals surface area contributed by atoms with E-state index in [0.717, 1.165) is 39.0 Å². The second-order valence-corrected chi connectivity index (χ2v) is 16.6. The number of halogens is 1. The van der Waals surface area contributed by atoms with Crippen molar-refractivity contribution < 1.29 is 84.5 Å². The van der Waals surface area contributed by atoms with E-state index in [1.54, 1.807) is 5.38 Å². The predicted molar refractivity (Wildman–Crippen MR) is 175 cm³/mol. The number of nitrogen functional groups attached to an aromatic ring is 1. The third kappa shape index (κ3) is 10.4. The highest BCUT2D eigenvalue weighted by atomic mass is 32.7. The number of hydrogen-bond donors (Lipinski definition) is 5. The number of nitrogens with zero attached hydrogens (tertiary/aromatic N) is 2. The highest BCUT2D eigenvalue weighted by Crippen LogP contribution is 2.66. The van der Waals surface area contributed by atoms with E-state index in [1.807, 2.05) is 0 Å². The zero-order valence-electron chi connectivity index (χ0n) is 27.5. The minimum atomic E-state index is -5.70. The van der Waals surface area contributed by atoms with Gasteiger partial charge in [-0.05, 0) is 5.38 Å². The molecule has 2 aromatic rings. The lowest BCUT2D eigenvalue weighted by Crippen LogP contribution is -2.64. The Kier molecular flexibility index (Phi) is 13.8. The maximum Gasteiger partial charge on any atom is 0.482 e. The van der Waals surface area contributed by atoms with Gasteiger partial charge in [0, 0.05) is 33.3 Å². The number of carbonyl (C=O) groups excluding carboxylic acids is 4. The molecule has 52 heavy (non-hydrogen) atoms. The third-order valence-corrected chi connectivity index (χ3v) is 11.9. The molecule has 26 heteroatoms. The first-order chi connectivity index (χ1) is 24.2. The van der Waals surface area contributed by atoms with Crippen LogP contribution in [0.2, 0.25) is 0 Å². The van der Waals surface area contributed by atoms with E-state index < -0.39 is 113 Å². The number of ether oxygens (including phenoxy) is 6. The maximum absolute atomic E-state index is 15.3. The summed E-state index contributed by atoms with van der Waals surface area (Å²) in [6.07, 6.45) is -15.0. The van der Waals surface area contributed by atoms with Crippen LogP contribution in [0.1, 0.15) is 39.4 Å². The van der Waals surface area contributed by atoms with Crippen molar-refractivity contribution in [3.63, 3.8) is 0 Å². The zero-order chi connectivity index (χ0) is 38.7. The molecular formula is C26H35FN4O17P2S2. The molecular weight excluding hydrogens is 785 g/mol. The molecule has 0 radical (unpaired) electrons. The molecule has 0 saturated carbocycles. The Balaban J connectivity index is 1.51. The van der Waals surface area contributed by atoms with Crippen LogP contribution < -0.4 is 11.5 Å². The molecule has 4 heterocycles. The van der Waals surface area contributed by atoms with E-state index >= 15 is 4.39 Å². The lowest BCUT2D eigenvalue weighted by Gasteiger charge is -2.44. The maximum atomic E-state index is 15.3. The van der Waals surface area contributed by atoms with Crippen molar-refractivity contribution in [3.8, 4) is 0 Å². The van der Waals surface area contributed by atoms with E-state index in [4.69, 9.17) is 48.9 Å². The number of hydrogen-bond acceptors (Lipinski definition) is 21. The Morgan fingerprint density at radius 1 is 1.06 bits per heavy atom. The first-order valence-corrected chi connectivity index (χ1v) is 20.0. The summed E-state index contributed by atoms with van der Waals surface area (Å²) in [7, 11) is -5.70. The molecule has 2 aliphatic heterocycles. The van der Waals surface area contributed by atoms with Gasteiger partial charge in [0.2, 0.25) is 6.29 Å². The monoisotopic (exact) mass is 820 g/mol. The average Bonchev–Trinajstić information content (AvgIpc) is 3.57. The molecule has 6 N–H and O–H groups in total. The molecule has 12 atom stereocenters. The van der Waals surface area contributed by atoms with Gasteiger partial charge in [0.25, 0.3) is 0 Å². The smallest absolute Gasteiger partial charge is 0.462 e. The number of aliphatic hydroxyl groups excluding tert-OH is 1. The van der Waals surface area contributed by atoms with Gasteiger partial charge in [-0.2, -0.15) is 4.31 Å². The van der Waals surface area contributed by atoms with Crippen molar-refractivity contribution in [2.75, 3.05) is 18.9 Å². The number of rotatable bonds is 14. The molecule has 290 valence electrons. The van der Waals surface area contributed by atoms with Crippen molar-refractivity contribution in [2.24, 2.45) is 5.73 Å². The molecule has 4 rings (SSSR count). The SMILES string of the molecule is CC(=O)OC[C@H](OC(C)=O)C1OC(OP(=O)(O)OP(=O)(S)OC[C@H]2O[C@@H](c3csc4c(N)ncnc34)[C@H](F)[C@@H]2N)C(OC(C)=O)C(OC(C)=O)C1O. The first-order valence-electron chi connectivity index (χ1n) is 14.9. The minimum Gasteiger partial charge on any atom is -0.462 e. The molecule has 2 aliphatic rings. The van der Waals surface area contributed by atoms with Crippen molar-refractivity contribution in [1.29, 1.82) is 0 Å². The van der Waals surface area contributed by atoms with Crippen LogP contribution in [0.15, 0.2) is 11.7 Å². The summed E-state index contributed by atoms with van der Waals surface area (Å²) in [6, 6.07) is -1.36. The molecule has 7 unspecified atom stereocenters. The Labute approximate surface area is 302 Å². The number of alkyl halides is 1. The fraction of sp³-hybridized carbons (Fsp3) is 0.615. The predicted octanol–water partition coefficient (Wildman–Crippen LogP) is 1.01. The highest BCUT2D eigenvalue weighted by Gasteiger charge is 2.55. The number of thiophene rings is 1. The number of aliphatic hydroxyl groups is 1. The lowest BCUT2D eigenvalue weighted by molar-refractivity contribution is -0.299. The van der Waals surface area contributed by atoms with Crippen LogP contribution in [0.3, 0.4) is 0 Å². The number of anilines is 1. The highest BCUT2D eigenvalue weighted by molar-refractivity contribution is 8.45. The summed E-state index contributed by atoms with van der Waals surface area (Å²) in [5.74, 6) is -3.76. The van der Waals surface area contributed by atoms with Crippen LogP contribution in [0.5, 0.6) is 0 Å². The van der Waals surface area contributed by atoms with E-state index in [1.165, 1.54) is 6.33 Å². The largest absolute Gasteiger partial charge is 0.482 e. The summed E-state index contributed by atoms with van der Waals surface area (Å²) in [4.78, 5) is 65.9. The fourth-order valence-corrected chi connectivity index (χ4v) is 9.34. The zero-order valence-corrected chi connectivity index (χ0v) is 31.0. The van der Waals surface area contributed by atoms with Gasteiger partial charge in [0.05, 0.1) is 22.9 Å². The minimum absolute atomic E-state index is 0.167. The topological polar surface area (TPSA) is 304 Å². The van der Waals surface area contributed by atoms with Crippen LogP contribution in [0.4, 0.5) is 10.2 Å². The Morgan fingerprint density at radius 2 is 1.71 bits per heavy atom. The van der Waals surface area contributed by atoms with Crippen molar-refractivity contribution >= 4 is 78.1 Å². The van der Waals surface area contributed by atoms with Gasteiger partial charge in [-0.25, -0.2) is 23.5 Å². The lowest BCUT2D eigenvalue weighted by atomic mass is 9.95.